The highest BCUT2D eigenvalue weighted by Crippen LogP contribution is 2.16. The van der Waals surface area contributed by atoms with Gasteiger partial charge in [0.05, 0.1) is 16.9 Å². The Balaban J connectivity index is 2.25. The first kappa shape index (κ1) is 11.3. The molecule has 17 heavy (non-hydrogen) atoms. The number of anilines is 1. The van der Waals surface area contributed by atoms with Crippen LogP contribution in [0, 0.1) is 0 Å². The van der Waals surface area contributed by atoms with E-state index in [0.29, 0.717) is 10.7 Å². The second-order valence-electron chi connectivity index (χ2n) is 3.39. The Labute approximate surface area is 103 Å². The van der Waals surface area contributed by atoms with Gasteiger partial charge in [-0.3, -0.25) is 0 Å². The average molecular weight is 246 g/mol. The maximum absolute atomic E-state index is 11.0. The van der Waals surface area contributed by atoms with Crippen molar-refractivity contribution in [3.63, 3.8) is 0 Å². The normalized spacial score (nSPS) is 9.88. The predicted octanol–water partition coefficient (Wildman–Crippen LogP) is 2.50. The van der Waals surface area contributed by atoms with Crippen LogP contribution in [0.1, 0.15) is 16.1 Å². The Hall–Kier alpha value is -2.14. The summed E-state index contributed by atoms with van der Waals surface area (Å²) in [5.74, 6) is -0.984. The molecule has 2 rings (SSSR count). The summed E-state index contributed by atoms with van der Waals surface area (Å²) in [6, 6.07) is 10.3. The number of carboxylic acid groups (broad SMARTS) is 1. The molecule has 0 saturated carbocycles. The van der Waals surface area contributed by atoms with E-state index in [4.69, 9.17) is 17.3 Å². The number of hydrogen-bond acceptors (Lipinski definition) is 2. The zero-order valence-corrected chi connectivity index (χ0v) is 9.62. The van der Waals surface area contributed by atoms with E-state index >= 15 is 0 Å². The molecular weight excluding hydrogens is 236 g/mol. The number of aromatic nitrogens is 1. The van der Waals surface area contributed by atoms with Crippen LogP contribution in [-0.4, -0.2) is 21.0 Å². The number of H-pyrrole nitrogens is 1. The minimum Gasteiger partial charge on any atom is -0.478 e. The fraction of sp³-hybridized carbons (Fsp3) is 0. The van der Waals surface area contributed by atoms with E-state index < -0.39 is 5.97 Å². The molecule has 86 valence electrons. The number of carboxylic acids is 1. The lowest BCUT2D eigenvalue weighted by molar-refractivity contribution is 0.0698. The summed E-state index contributed by atoms with van der Waals surface area (Å²) in [5, 5.41) is 11.9. The largest absolute Gasteiger partial charge is 0.478 e. The van der Waals surface area contributed by atoms with E-state index in [-0.39, 0.29) is 5.56 Å². The van der Waals surface area contributed by atoms with Crippen molar-refractivity contribution in [2.24, 2.45) is 0 Å². The number of carbonyl (C=O) groups is 1. The minimum atomic E-state index is -0.984. The van der Waals surface area contributed by atoms with Gasteiger partial charge in [0, 0.05) is 6.20 Å². The Morgan fingerprint density at radius 2 is 2.00 bits per heavy atom. The molecule has 0 aliphatic heterocycles. The van der Waals surface area contributed by atoms with Crippen LogP contribution in [0.15, 0.2) is 42.6 Å². The van der Waals surface area contributed by atoms with Crippen LogP contribution in [0.2, 0.25) is 0 Å². The topological polar surface area (TPSA) is 65.1 Å². The molecule has 0 radical (unpaired) electrons. The molecule has 1 aromatic heterocycles. The second-order valence-corrected chi connectivity index (χ2v) is 3.80. The van der Waals surface area contributed by atoms with Gasteiger partial charge in [-0.2, -0.15) is 0 Å². The summed E-state index contributed by atoms with van der Waals surface area (Å²) in [7, 11) is 0. The molecule has 0 fully saturated rings. The minimum absolute atomic E-state index is 0.196. The summed E-state index contributed by atoms with van der Waals surface area (Å²) >= 11 is 5.17. The second kappa shape index (κ2) is 4.80. The van der Waals surface area contributed by atoms with Crippen molar-refractivity contribution >= 4 is 28.9 Å². The van der Waals surface area contributed by atoms with Gasteiger partial charge in [-0.1, -0.05) is 24.4 Å². The molecule has 0 unspecified atom stereocenters. The van der Waals surface area contributed by atoms with Gasteiger partial charge >= 0.3 is 5.97 Å². The molecule has 0 aliphatic rings. The molecule has 1 aromatic carbocycles. The highest BCUT2D eigenvalue weighted by Gasteiger charge is 2.10. The van der Waals surface area contributed by atoms with Crippen molar-refractivity contribution in [2.45, 2.75) is 0 Å². The van der Waals surface area contributed by atoms with Crippen molar-refractivity contribution in [3.05, 3.63) is 53.9 Å². The number of rotatable bonds is 3. The number of nitrogens with one attached hydrogen (secondary N) is 2. The first-order valence-electron chi connectivity index (χ1n) is 4.95. The highest BCUT2D eigenvalue weighted by atomic mass is 32.1. The van der Waals surface area contributed by atoms with Crippen LogP contribution >= 0.6 is 12.2 Å². The van der Waals surface area contributed by atoms with Crippen LogP contribution in [0.25, 0.3) is 0 Å². The predicted molar refractivity (Wildman–Crippen MR) is 69.5 cm³/mol. The highest BCUT2D eigenvalue weighted by molar-refractivity contribution is 7.81. The lowest BCUT2D eigenvalue weighted by Crippen LogP contribution is -2.13. The van der Waals surface area contributed by atoms with E-state index in [9.17, 15) is 4.79 Å². The summed E-state index contributed by atoms with van der Waals surface area (Å²) in [6.45, 7) is 0. The van der Waals surface area contributed by atoms with Crippen LogP contribution in [0.5, 0.6) is 0 Å². The quantitative estimate of drug-likeness (QED) is 0.728. The Bertz CT molecular complexity index is 549. The van der Waals surface area contributed by atoms with E-state index in [2.05, 4.69) is 10.3 Å². The summed E-state index contributed by atoms with van der Waals surface area (Å²) in [5.41, 5.74) is 1.43. The molecular formula is C12H10N2O2S. The summed E-state index contributed by atoms with van der Waals surface area (Å²) in [4.78, 5) is 14.4. The lowest BCUT2D eigenvalue weighted by atomic mass is 10.2. The van der Waals surface area contributed by atoms with Gasteiger partial charge in [-0.15, -0.1) is 0 Å². The Kier molecular flexibility index (Phi) is 3.20. The number of para-hydroxylation sites is 1. The first-order valence-corrected chi connectivity index (χ1v) is 5.36. The Morgan fingerprint density at radius 1 is 1.24 bits per heavy atom. The van der Waals surface area contributed by atoms with Crippen molar-refractivity contribution < 1.29 is 9.90 Å². The van der Waals surface area contributed by atoms with Gasteiger partial charge in [0.15, 0.2) is 0 Å². The van der Waals surface area contributed by atoms with Crippen molar-refractivity contribution in [3.8, 4) is 0 Å². The summed E-state index contributed by atoms with van der Waals surface area (Å²) in [6.07, 6.45) is 1.76. The van der Waals surface area contributed by atoms with Crippen LogP contribution in [-0.2, 0) is 0 Å². The fourth-order valence-electron chi connectivity index (χ4n) is 1.44. The molecule has 2 aromatic rings. The first-order chi connectivity index (χ1) is 8.18. The van der Waals surface area contributed by atoms with Crippen LogP contribution < -0.4 is 5.32 Å². The molecule has 0 aliphatic carbocycles. The van der Waals surface area contributed by atoms with Gasteiger partial charge in [0.1, 0.15) is 4.99 Å². The number of aromatic amines is 1. The average Bonchev–Trinajstić information content (AvgIpc) is 2.83. The van der Waals surface area contributed by atoms with Crippen molar-refractivity contribution in [2.75, 3.05) is 5.32 Å². The molecule has 1 heterocycles. The molecule has 0 atom stereocenters. The molecule has 5 heteroatoms. The molecule has 3 N–H and O–H groups in total. The maximum Gasteiger partial charge on any atom is 0.337 e. The number of hydrogen-bond donors (Lipinski definition) is 3. The summed E-state index contributed by atoms with van der Waals surface area (Å²) < 4.78 is 0. The van der Waals surface area contributed by atoms with Crippen molar-refractivity contribution in [1.82, 2.24) is 4.98 Å². The number of thiocarbonyl (C=S) groups is 1. The zero-order chi connectivity index (χ0) is 12.3. The monoisotopic (exact) mass is 246 g/mol. The molecule has 0 bridgehead atoms. The standard InChI is InChI=1S/C12H10N2O2S/c15-12(16)8-4-1-2-5-9(8)14-11(17)10-6-3-7-13-10/h1-7,13H,(H,14,17)(H,15,16). The van der Waals surface area contributed by atoms with Gasteiger partial charge in [0.25, 0.3) is 0 Å². The van der Waals surface area contributed by atoms with Gasteiger partial charge in [0.2, 0.25) is 0 Å². The van der Waals surface area contributed by atoms with Crippen LogP contribution in [0.4, 0.5) is 5.69 Å². The third kappa shape index (κ3) is 2.51. The van der Waals surface area contributed by atoms with Crippen LogP contribution in [0.3, 0.4) is 0 Å². The lowest BCUT2D eigenvalue weighted by Gasteiger charge is -2.09. The number of benzene rings is 1. The van der Waals surface area contributed by atoms with E-state index in [0.717, 1.165) is 5.69 Å². The Morgan fingerprint density at radius 3 is 2.65 bits per heavy atom. The van der Waals surface area contributed by atoms with Crippen molar-refractivity contribution in [1.29, 1.82) is 0 Å². The van der Waals surface area contributed by atoms with Gasteiger partial charge in [-0.05, 0) is 24.3 Å². The third-order valence-electron chi connectivity index (χ3n) is 2.25. The van der Waals surface area contributed by atoms with Gasteiger partial charge in [-0.25, -0.2) is 4.79 Å². The van der Waals surface area contributed by atoms with E-state index in [1.165, 1.54) is 6.07 Å². The van der Waals surface area contributed by atoms with E-state index in [1.807, 2.05) is 12.1 Å². The molecule has 4 nitrogen and oxygen atoms in total. The molecule has 0 spiro atoms. The smallest absolute Gasteiger partial charge is 0.337 e. The molecule has 0 saturated heterocycles. The SMILES string of the molecule is O=C(O)c1ccccc1NC(=S)c1ccc[nH]1. The number of aromatic carboxylic acids is 1. The molecule has 0 amide bonds. The third-order valence-corrected chi connectivity index (χ3v) is 2.57. The van der Waals surface area contributed by atoms with E-state index in [1.54, 1.807) is 24.4 Å². The maximum atomic E-state index is 11.0. The fourth-order valence-corrected chi connectivity index (χ4v) is 1.68. The zero-order valence-electron chi connectivity index (χ0n) is 8.81. The van der Waals surface area contributed by atoms with Gasteiger partial charge < -0.3 is 15.4 Å².